The maximum atomic E-state index is 13.9. The quantitative estimate of drug-likeness (QED) is 0.816. The van der Waals surface area contributed by atoms with Gasteiger partial charge in [-0.3, -0.25) is 9.59 Å². The van der Waals surface area contributed by atoms with Crippen LogP contribution < -0.4 is 5.32 Å². The van der Waals surface area contributed by atoms with E-state index in [2.05, 4.69) is 5.32 Å². The minimum absolute atomic E-state index is 0.0364. The molecule has 1 aliphatic heterocycles. The SMILES string of the molecule is O=C(NC1CCN(C(=O)c2c(F)cccc2Cl)CC1)c1c(F)cccc1Cl. The van der Waals surface area contributed by atoms with Crippen LogP contribution in [0.1, 0.15) is 33.6 Å². The normalized spacial score (nSPS) is 14.9. The molecule has 1 N–H and O–H groups in total. The Morgan fingerprint density at radius 1 is 0.926 bits per heavy atom. The maximum Gasteiger partial charge on any atom is 0.258 e. The summed E-state index contributed by atoms with van der Waals surface area (Å²) in [5.74, 6) is -2.45. The number of benzene rings is 2. The third kappa shape index (κ3) is 4.22. The molecule has 0 saturated carbocycles. The molecule has 0 radical (unpaired) electrons. The van der Waals surface area contributed by atoms with Gasteiger partial charge in [0.05, 0.1) is 21.2 Å². The van der Waals surface area contributed by atoms with Gasteiger partial charge in [0.15, 0.2) is 0 Å². The zero-order valence-electron chi connectivity index (χ0n) is 14.1. The summed E-state index contributed by atoms with van der Waals surface area (Å²) in [6, 6.07) is 7.87. The van der Waals surface area contributed by atoms with Crippen molar-refractivity contribution >= 4 is 35.0 Å². The predicted octanol–water partition coefficient (Wildman–Crippen LogP) is 4.31. The number of halogens is 4. The van der Waals surface area contributed by atoms with Gasteiger partial charge in [0.1, 0.15) is 11.6 Å². The number of rotatable bonds is 3. The molecule has 0 aromatic heterocycles. The first-order chi connectivity index (χ1) is 12.9. The summed E-state index contributed by atoms with van der Waals surface area (Å²) in [6.07, 6.45) is 0.908. The average molecular weight is 413 g/mol. The van der Waals surface area contributed by atoms with Gasteiger partial charge in [0, 0.05) is 19.1 Å². The van der Waals surface area contributed by atoms with Crippen molar-refractivity contribution in [2.24, 2.45) is 0 Å². The highest BCUT2D eigenvalue weighted by Crippen LogP contribution is 2.23. The number of hydrogen-bond donors (Lipinski definition) is 1. The fourth-order valence-electron chi connectivity index (χ4n) is 3.06. The molecule has 2 aromatic rings. The lowest BCUT2D eigenvalue weighted by Gasteiger charge is -2.32. The van der Waals surface area contributed by atoms with Crippen molar-refractivity contribution in [3.05, 3.63) is 69.2 Å². The van der Waals surface area contributed by atoms with Gasteiger partial charge in [-0.05, 0) is 37.1 Å². The first kappa shape index (κ1) is 19.6. The van der Waals surface area contributed by atoms with Gasteiger partial charge in [-0.1, -0.05) is 35.3 Å². The van der Waals surface area contributed by atoms with Crippen LogP contribution in [0.5, 0.6) is 0 Å². The molecule has 2 amide bonds. The molecular formula is C19H16Cl2F2N2O2. The van der Waals surface area contributed by atoms with E-state index in [1.54, 1.807) is 0 Å². The van der Waals surface area contributed by atoms with Crippen LogP contribution in [0.25, 0.3) is 0 Å². The lowest BCUT2D eigenvalue weighted by atomic mass is 10.0. The largest absolute Gasteiger partial charge is 0.349 e. The van der Waals surface area contributed by atoms with E-state index in [1.165, 1.54) is 41.3 Å². The maximum absolute atomic E-state index is 13.9. The summed E-state index contributed by atoms with van der Waals surface area (Å²) in [5.41, 5.74) is -0.351. The third-order valence-electron chi connectivity index (χ3n) is 4.48. The van der Waals surface area contributed by atoms with E-state index in [-0.39, 0.29) is 27.2 Å². The topological polar surface area (TPSA) is 49.4 Å². The molecular weight excluding hydrogens is 397 g/mol. The van der Waals surface area contributed by atoms with E-state index >= 15 is 0 Å². The second-order valence-electron chi connectivity index (χ2n) is 6.23. The highest BCUT2D eigenvalue weighted by Gasteiger charge is 2.28. The fraction of sp³-hybridized carbons (Fsp3) is 0.263. The molecule has 1 heterocycles. The van der Waals surface area contributed by atoms with Gasteiger partial charge in [-0.15, -0.1) is 0 Å². The average Bonchev–Trinajstić information content (AvgIpc) is 2.62. The van der Waals surface area contributed by atoms with Gasteiger partial charge in [-0.25, -0.2) is 8.78 Å². The molecule has 0 aliphatic carbocycles. The van der Waals surface area contributed by atoms with Crippen LogP contribution in [-0.2, 0) is 0 Å². The molecule has 0 bridgehead atoms. The van der Waals surface area contributed by atoms with E-state index in [0.29, 0.717) is 25.9 Å². The first-order valence-electron chi connectivity index (χ1n) is 8.36. The summed E-state index contributed by atoms with van der Waals surface area (Å²) < 4.78 is 27.8. The number of piperidine rings is 1. The summed E-state index contributed by atoms with van der Waals surface area (Å²) in [5, 5.41) is 2.83. The van der Waals surface area contributed by atoms with Gasteiger partial charge in [-0.2, -0.15) is 0 Å². The summed E-state index contributed by atoms with van der Waals surface area (Å²) in [6.45, 7) is 0.638. The minimum Gasteiger partial charge on any atom is -0.349 e. The van der Waals surface area contributed by atoms with Crippen LogP contribution in [0.3, 0.4) is 0 Å². The van der Waals surface area contributed by atoms with E-state index in [4.69, 9.17) is 23.2 Å². The molecule has 27 heavy (non-hydrogen) atoms. The Morgan fingerprint density at radius 2 is 1.44 bits per heavy atom. The Labute approximate surface area is 165 Å². The molecule has 4 nitrogen and oxygen atoms in total. The lowest BCUT2D eigenvalue weighted by Crippen LogP contribution is -2.47. The predicted molar refractivity (Wildman–Crippen MR) is 99.2 cm³/mol. The highest BCUT2D eigenvalue weighted by molar-refractivity contribution is 6.34. The Bertz CT molecular complexity index is 844. The third-order valence-corrected chi connectivity index (χ3v) is 5.11. The number of hydrogen-bond acceptors (Lipinski definition) is 2. The molecule has 0 atom stereocenters. The zero-order valence-corrected chi connectivity index (χ0v) is 15.7. The number of carbonyl (C=O) groups excluding carboxylic acids is 2. The Kier molecular flexibility index (Phi) is 5.97. The number of likely N-dealkylation sites (tertiary alicyclic amines) is 1. The zero-order chi connectivity index (χ0) is 19.6. The molecule has 142 valence electrons. The number of nitrogens with one attached hydrogen (secondary N) is 1. The molecule has 2 aromatic carbocycles. The second-order valence-corrected chi connectivity index (χ2v) is 7.05. The molecule has 3 rings (SSSR count). The fourth-order valence-corrected chi connectivity index (χ4v) is 3.55. The Balaban J connectivity index is 1.62. The Morgan fingerprint density at radius 3 is 1.96 bits per heavy atom. The van der Waals surface area contributed by atoms with E-state index in [0.717, 1.165) is 0 Å². The van der Waals surface area contributed by atoms with Crippen LogP contribution in [0.15, 0.2) is 36.4 Å². The van der Waals surface area contributed by atoms with Crippen molar-refractivity contribution in [1.82, 2.24) is 10.2 Å². The van der Waals surface area contributed by atoms with Gasteiger partial charge < -0.3 is 10.2 Å². The standard InChI is InChI=1S/C19H16Cl2F2N2O2/c20-12-3-1-5-14(22)16(12)18(26)24-11-7-9-25(10-8-11)19(27)17-13(21)4-2-6-15(17)23/h1-6,11H,7-10H2,(H,24,26). The molecule has 0 spiro atoms. The van der Waals surface area contributed by atoms with Crippen LogP contribution in [0, 0.1) is 11.6 Å². The summed E-state index contributed by atoms with van der Waals surface area (Å²) in [7, 11) is 0. The molecule has 1 aliphatic rings. The van der Waals surface area contributed by atoms with Crippen LogP contribution in [0.4, 0.5) is 8.78 Å². The van der Waals surface area contributed by atoms with E-state index in [9.17, 15) is 18.4 Å². The van der Waals surface area contributed by atoms with Crippen molar-refractivity contribution in [1.29, 1.82) is 0 Å². The van der Waals surface area contributed by atoms with Gasteiger partial charge in [0.2, 0.25) is 0 Å². The number of amides is 2. The first-order valence-corrected chi connectivity index (χ1v) is 9.12. The van der Waals surface area contributed by atoms with Gasteiger partial charge >= 0.3 is 0 Å². The highest BCUT2D eigenvalue weighted by atomic mass is 35.5. The lowest BCUT2D eigenvalue weighted by molar-refractivity contribution is 0.0693. The van der Waals surface area contributed by atoms with Crippen molar-refractivity contribution in [2.45, 2.75) is 18.9 Å². The van der Waals surface area contributed by atoms with E-state index in [1.807, 2.05) is 0 Å². The van der Waals surface area contributed by atoms with Crippen molar-refractivity contribution in [3.8, 4) is 0 Å². The smallest absolute Gasteiger partial charge is 0.258 e. The van der Waals surface area contributed by atoms with Crippen LogP contribution in [-0.4, -0.2) is 35.8 Å². The summed E-state index contributed by atoms with van der Waals surface area (Å²) in [4.78, 5) is 26.3. The molecule has 0 unspecified atom stereocenters. The molecule has 1 saturated heterocycles. The number of nitrogens with zero attached hydrogens (tertiary/aromatic N) is 1. The minimum atomic E-state index is -0.693. The van der Waals surface area contributed by atoms with Crippen LogP contribution in [0.2, 0.25) is 10.0 Å². The van der Waals surface area contributed by atoms with E-state index < -0.39 is 23.4 Å². The molecule has 8 heteroatoms. The Hall–Kier alpha value is -2.18. The van der Waals surface area contributed by atoms with Crippen molar-refractivity contribution in [2.75, 3.05) is 13.1 Å². The van der Waals surface area contributed by atoms with Gasteiger partial charge in [0.25, 0.3) is 11.8 Å². The monoisotopic (exact) mass is 412 g/mol. The van der Waals surface area contributed by atoms with Crippen molar-refractivity contribution in [3.63, 3.8) is 0 Å². The summed E-state index contributed by atoms with van der Waals surface area (Å²) >= 11 is 11.8. The number of carbonyl (C=O) groups is 2. The molecule has 1 fully saturated rings. The van der Waals surface area contributed by atoms with Crippen LogP contribution >= 0.6 is 23.2 Å². The second kappa shape index (κ2) is 8.23. The van der Waals surface area contributed by atoms with Crippen molar-refractivity contribution < 1.29 is 18.4 Å².